The lowest BCUT2D eigenvalue weighted by atomic mass is 10.1. The van der Waals surface area contributed by atoms with Gasteiger partial charge >= 0.3 is 0 Å². The Labute approximate surface area is 308 Å². The molecule has 0 saturated carbocycles. The lowest BCUT2D eigenvalue weighted by molar-refractivity contribution is 0.0752. The zero-order valence-electron chi connectivity index (χ0n) is 27.9. The number of para-hydroxylation sites is 4. The molecule has 0 saturated heterocycles. The van der Waals surface area contributed by atoms with E-state index >= 15 is 0 Å². The fraction of sp³-hybridized carbons (Fsp3) is 0.175. The Kier molecular flexibility index (Phi) is 12.5. The lowest BCUT2D eigenvalue weighted by Crippen LogP contribution is -2.34. The second-order valence-corrected chi connectivity index (χ2v) is 12.0. The van der Waals surface area contributed by atoms with Gasteiger partial charge in [0.05, 0.1) is 33.4 Å². The summed E-state index contributed by atoms with van der Waals surface area (Å²) in [6, 6.07) is 39.6. The lowest BCUT2D eigenvalue weighted by Gasteiger charge is -2.24. The SMILES string of the molecule is Cl.Cl.[N-]=[N+]=Nc1ccc(C(=O)N(CCCCNc2c3ccccc3nc3ccccc23)CCCNc2c3ccccc3nc3ccccc23)cc1. The first kappa shape index (κ1) is 36.7. The number of hydrogen-bond acceptors (Lipinski definition) is 6. The maximum Gasteiger partial charge on any atom is 0.253 e. The maximum absolute atomic E-state index is 13.8. The van der Waals surface area contributed by atoms with Crippen LogP contribution >= 0.6 is 24.8 Å². The molecule has 0 fully saturated rings. The van der Waals surface area contributed by atoms with E-state index in [0.29, 0.717) is 30.9 Å². The normalized spacial score (nSPS) is 10.7. The second kappa shape index (κ2) is 17.4. The predicted octanol–water partition coefficient (Wildman–Crippen LogP) is 10.7. The van der Waals surface area contributed by atoms with Gasteiger partial charge in [0.15, 0.2) is 0 Å². The molecule has 2 N–H and O–H groups in total. The summed E-state index contributed by atoms with van der Waals surface area (Å²) in [4.78, 5) is 28.2. The smallest absolute Gasteiger partial charge is 0.253 e. The topological polar surface area (TPSA) is 119 Å². The van der Waals surface area contributed by atoms with E-state index < -0.39 is 0 Å². The molecular weight excluding hydrogens is 679 g/mol. The standard InChI is InChI=1S/C40H36N8O.2ClH/c41-47-46-29-22-20-28(21-23-29)40(49)48(27-11-25-43-39-32-14-3-7-18-36(32)45-37-19-8-4-15-33(37)39)26-10-9-24-42-38-30-12-1-5-16-34(30)44-35-17-6-2-13-31(35)38;;/h1-8,12-23H,9-11,24-27H2,(H,42,44)(H,43,45);2*1H. The Morgan fingerprint density at radius 2 is 1.00 bits per heavy atom. The molecule has 0 bridgehead atoms. The van der Waals surface area contributed by atoms with Crippen LogP contribution in [0.3, 0.4) is 0 Å². The van der Waals surface area contributed by atoms with Crippen LogP contribution < -0.4 is 10.6 Å². The molecule has 7 rings (SSSR count). The number of carbonyl (C=O) groups excluding carboxylic acids is 1. The van der Waals surface area contributed by atoms with Gasteiger partial charge in [0.25, 0.3) is 5.91 Å². The molecular formula is C40H38Cl2N8O. The number of anilines is 2. The third kappa shape index (κ3) is 8.24. The average Bonchev–Trinajstić information content (AvgIpc) is 3.14. The van der Waals surface area contributed by atoms with Gasteiger partial charge in [0, 0.05) is 63.9 Å². The molecule has 0 unspecified atom stereocenters. The Morgan fingerprint density at radius 3 is 1.45 bits per heavy atom. The predicted molar refractivity (Wildman–Crippen MR) is 215 cm³/mol. The number of unbranched alkanes of at least 4 members (excludes halogenated alkanes) is 1. The minimum absolute atomic E-state index is 0. The number of azide groups is 1. The minimum Gasteiger partial charge on any atom is -0.384 e. The Morgan fingerprint density at radius 1 is 0.588 bits per heavy atom. The molecule has 11 heteroatoms. The van der Waals surface area contributed by atoms with E-state index in [9.17, 15) is 4.79 Å². The number of rotatable bonds is 13. The average molecular weight is 718 g/mol. The largest absolute Gasteiger partial charge is 0.384 e. The number of halogens is 2. The van der Waals surface area contributed by atoms with E-state index in [1.54, 1.807) is 24.3 Å². The summed E-state index contributed by atoms with van der Waals surface area (Å²) < 4.78 is 0. The minimum atomic E-state index is -0.0358. The number of fused-ring (bicyclic) bond motifs is 4. The van der Waals surface area contributed by atoms with Crippen molar-refractivity contribution in [3.8, 4) is 0 Å². The number of hydrogen-bond donors (Lipinski definition) is 2. The van der Waals surface area contributed by atoms with E-state index in [0.717, 1.165) is 80.8 Å². The van der Waals surface area contributed by atoms with Crippen LogP contribution in [0.15, 0.2) is 126 Å². The Bertz CT molecular complexity index is 2220. The van der Waals surface area contributed by atoms with Crippen molar-refractivity contribution >= 4 is 91.4 Å². The highest BCUT2D eigenvalue weighted by Crippen LogP contribution is 2.32. The molecule has 51 heavy (non-hydrogen) atoms. The van der Waals surface area contributed by atoms with Crippen molar-refractivity contribution < 1.29 is 4.79 Å². The van der Waals surface area contributed by atoms with Crippen molar-refractivity contribution in [2.24, 2.45) is 5.11 Å². The number of nitrogens with zero attached hydrogens (tertiary/aromatic N) is 6. The molecule has 0 radical (unpaired) electrons. The number of carbonyl (C=O) groups is 1. The van der Waals surface area contributed by atoms with Crippen LogP contribution in [-0.2, 0) is 0 Å². The van der Waals surface area contributed by atoms with Crippen LogP contribution in [0.2, 0.25) is 0 Å². The van der Waals surface area contributed by atoms with Gasteiger partial charge in [-0.1, -0.05) is 90.0 Å². The van der Waals surface area contributed by atoms with Crippen LogP contribution in [-0.4, -0.2) is 47.0 Å². The van der Waals surface area contributed by atoms with Gasteiger partial charge in [-0.3, -0.25) is 4.79 Å². The first-order chi connectivity index (χ1) is 24.2. The zero-order chi connectivity index (χ0) is 33.4. The molecule has 0 aliphatic carbocycles. The van der Waals surface area contributed by atoms with E-state index in [1.165, 1.54) is 0 Å². The number of benzene rings is 5. The first-order valence-electron chi connectivity index (χ1n) is 16.7. The van der Waals surface area contributed by atoms with Crippen LogP contribution in [0.4, 0.5) is 17.1 Å². The molecule has 5 aromatic carbocycles. The quantitative estimate of drug-likeness (QED) is 0.0405. The van der Waals surface area contributed by atoms with Crippen LogP contribution in [0.1, 0.15) is 29.6 Å². The summed E-state index contributed by atoms with van der Waals surface area (Å²) in [5.41, 5.74) is 15.8. The van der Waals surface area contributed by atoms with Crippen molar-refractivity contribution in [1.82, 2.24) is 14.9 Å². The molecule has 7 aromatic rings. The summed E-state index contributed by atoms with van der Waals surface area (Å²) in [5, 5.41) is 15.4. The fourth-order valence-electron chi connectivity index (χ4n) is 6.40. The van der Waals surface area contributed by atoms with E-state index in [1.807, 2.05) is 77.7 Å². The van der Waals surface area contributed by atoms with Crippen LogP contribution in [0.25, 0.3) is 54.1 Å². The first-order valence-corrected chi connectivity index (χ1v) is 16.7. The van der Waals surface area contributed by atoms with Crippen molar-refractivity contribution in [2.45, 2.75) is 19.3 Å². The second-order valence-electron chi connectivity index (χ2n) is 12.0. The van der Waals surface area contributed by atoms with Crippen molar-refractivity contribution in [3.63, 3.8) is 0 Å². The number of amides is 1. The van der Waals surface area contributed by atoms with E-state index in [4.69, 9.17) is 15.5 Å². The maximum atomic E-state index is 13.8. The molecule has 0 spiro atoms. The van der Waals surface area contributed by atoms with Gasteiger partial charge in [0.1, 0.15) is 0 Å². The number of nitrogens with one attached hydrogen (secondary N) is 2. The zero-order valence-corrected chi connectivity index (χ0v) is 29.5. The molecule has 258 valence electrons. The monoisotopic (exact) mass is 716 g/mol. The summed E-state index contributed by atoms with van der Waals surface area (Å²) >= 11 is 0. The Hall–Kier alpha value is -5.60. The summed E-state index contributed by atoms with van der Waals surface area (Å²) in [5.74, 6) is -0.0358. The van der Waals surface area contributed by atoms with Crippen LogP contribution in [0, 0.1) is 0 Å². The van der Waals surface area contributed by atoms with Crippen molar-refractivity contribution in [3.05, 3.63) is 137 Å². The molecule has 0 aliphatic heterocycles. The van der Waals surface area contributed by atoms with Gasteiger partial charge < -0.3 is 15.5 Å². The van der Waals surface area contributed by atoms with Gasteiger partial charge in [-0.05, 0) is 61.2 Å². The van der Waals surface area contributed by atoms with E-state index in [2.05, 4.69) is 44.9 Å². The van der Waals surface area contributed by atoms with Gasteiger partial charge in [-0.15, -0.1) is 24.8 Å². The number of pyridine rings is 2. The van der Waals surface area contributed by atoms with Gasteiger partial charge in [-0.25, -0.2) is 9.97 Å². The highest BCUT2D eigenvalue weighted by atomic mass is 35.5. The summed E-state index contributed by atoms with van der Waals surface area (Å²) in [6.45, 7) is 2.68. The molecule has 0 aliphatic rings. The van der Waals surface area contributed by atoms with E-state index in [-0.39, 0.29) is 30.7 Å². The Balaban J connectivity index is 0.00000252. The number of aromatic nitrogens is 2. The van der Waals surface area contributed by atoms with Gasteiger partial charge in [0.2, 0.25) is 0 Å². The fourth-order valence-corrected chi connectivity index (χ4v) is 6.40. The van der Waals surface area contributed by atoms with Crippen LogP contribution in [0.5, 0.6) is 0 Å². The molecule has 9 nitrogen and oxygen atoms in total. The third-order valence-electron chi connectivity index (χ3n) is 8.80. The summed E-state index contributed by atoms with van der Waals surface area (Å²) in [6.07, 6.45) is 2.49. The highest BCUT2D eigenvalue weighted by molar-refractivity contribution is 6.08. The molecule has 2 heterocycles. The highest BCUT2D eigenvalue weighted by Gasteiger charge is 2.16. The third-order valence-corrected chi connectivity index (χ3v) is 8.80. The van der Waals surface area contributed by atoms with Gasteiger partial charge in [-0.2, -0.15) is 0 Å². The summed E-state index contributed by atoms with van der Waals surface area (Å²) in [7, 11) is 0. The van der Waals surface area contributed by atoms with Crippen molar-refractivity contribution in [2.75, 3.05) is 36.8 Å². The molecule has 1 amide bonds. The molecule has 0 atom stereocenters. The molecule has 2 aromatic heterocycles. The van der Waals surface area contributed by atoms with Crippen molar-refractivity contribution in [1.29, 1.82) is 0 Å².